The smallest absolute Gasteiger partial charge is 0.330 e. The topological polar surface area (TPSA) is 29.5 Å². The Bertz CT molecular complexity index is 934. The molecule has 0 radical (unpaired) electrons. The number of hydrogen-bond donors (Lipinski definition) is 0. The van der Waals surface area contributed by atoms with Crippen LogP contribution in [0.15, 0.2) is 42.0 Å². The third-order valence-corrected chi connectivity index (χ3v) is 6.78. The summed E-state index contributed by atoms with van der Waals surface area (Å²) in [4.78, 5) is 16.7. The second-order valence-electron chi connectivity index (χ2n) is 7.51. The highest BCUT2D eigenvalue weighted by molar-refractivity contribution is 7.13. The zero-order valence-corrected chi connectivity index (χ0v) is 18.7. The Hall–Kier alpha value is -1.88. The maximum absolute atomic E-state index is 11.7. The van der Waals surface area contributed by atoms with Crippen molar-refractivity contribution >= 4 is 41.4 Å². The number of halogens is 1. The van der Waals surface area contributed by atoms with Crippen LogP contribution in [0.5, 0.6) is 0 Å². The Labute approximate surface area is 183 Å². The first-order valence-corrected chi connectivity index (χ1v) is 10.9. The van der Waals surface area contributed by atoms with Crippen molar-refractivity contribution in [3.05, 3.63) is 68.4 Å². The number of aryl methyl sites for hydroxylation is 2. The molecule has 1 fully saturated rings. The normalized spacial score (nSPS) is 16.8. The van der Waals surface area contributed by atoms with Crippen molar-refractivity contribution in [3.8, 4) is 0 Å². The number of rotatable bonds is 3. The minimum Gasteiger partial charge on any atom is -0.463 e. The number of ether oxygens (including phenoxy) is 1. The molecule has 1 aliphatic heterocycles. The Kier molecular flexibility index (Phi) is 7.33. The SMILES string of the molecule is CCOC(=O)C=Cc1cc2c(s1)CCc1ccccc1C2=C1CCN(C)CC1.Cl. The van der Waals surface area contributed by atoms with Crippen LogP contribution in [0.2, 0.25) is 0 Å². The van der Waals surface area contributed by atoms with Crippen LogP contribution in [-0.4, -0.2) is 37.6 Å². The fraction of sp³-hybridized carbons (Fsp3) is 0.375. The van der Waals surface area contributed by atoms with Gasteiger partial charge >= 0.3 is 5.97 Å². The van der Waals surface area contributed by atoms with Gasteiger partial charge in [0, 0.05) is 28.9 Å². The molecule has 1 saturated heterocycles. The standard InChI is InChI=1S/C24H27NO2S.ClH/c1-3-27-23(26)11-9-19-16-21-22(28-19)10-8-17-6-4-5-7-20(17)24(21)18-12-14-25(2)15-13-18;/h4-7,9,11,16H,3,8,10,12-15H2,1-2H3;1H. The number of esters is 1. The molecule has 0 N–H and O–H groups in total. The minimum atomic E-state index is -0.273. The van der Waals surface area contributed by atoms with E-state index in [4.69, 9.17) is 4.74 Å². The van der Waals surface area contributed by atoms with Crippen molar-refractivity contribution in [1.29, 1.82) is 0 Å². The van der Waals surface area contributed by atoms with E-state index in [1.165, 1.54) is 27.1 Å². The predicted octanol–water partition coefficient (Wildman–Crippen LogP) is 5.37. The highest BCUT2D eigenvalue weighted by Gasteiger charge is 2.24. The summed E-state index contributed by atoms with van der Waals surface area (Å²) in [6.07, 6.45) is 7.83. The Morgan fingerprint density at radius 3 is 2.66 bits per heavy atom. The zero-order chi connectivity index (χ0) is 19.5. The van der Waals surface area contributed by atoms with Gasteiger partial charge in [-0.15, -0.1) is 23.7 Å². The van der Waals surface area contributed by atoms with Crippen LogP contribution in [0, 0.1) is 0 Å². The van der Waals surface area contributed by atoms with E-state index in [0.29, 0.717) is 6.61 Å². The summed E-state index contributed by atoms with van der Waals surface area (Å²) < 4.78 is 5.02. The molecule has 1 aliphatic carbocycles. The molecule has 0 unspecified atom stereocenters. The molecule has 0 amide bonds. The number of fused-ring (bicyclic) bond motifs is 2. The number of thiophene rings is 1. The summed E-state index contributed by atoms with van der Waals surface area (Å²) in [5, 5.41) is 0. The van der Waals surface area contributed by atoms with Gasteiger partial charge in [-0.05, 0) is 74.1 Å². The van der Waals surface area contributed by atoms with Crippen LogP contribution in [-0.2, 0) is 22.4 Å². The van der Waals surface area contributed by atoms with Gasteiger partial charge in [0.25, 0.3) is 0 Å². The third kappa shape index (κ3) is 4.82. The molecule has 3 nitrogen and oxygen atoms in total. The van der Waals surface area contributed by atoms with Crippen molar-refractivity contribution < 1.29 is 9.53 Å². The summed E-state index contributed by atoms with van der Waals surface area (Å²) in [5.41, 5.74) is 7.25. The van der Waals surface area contributed by atoms with E-state index < -0.39 is 0 Å². The van der Waals surface area contributed by atoms with Gasteiger partial charge in [-0.25, -0.2) is 4.79 Å². The summed E-state index contributed by atoms with van der Waals surface area (Å²) in [5.74, 6) is -0.273. The van der Waals surface area contributed by atoms with Gasteiger partial charge in [0.2, 0.25) is 0 Å². The average molecular weight is 430 g/mol. The number of carbonyl (C=O) groups is 1. The largest absolute Gasteiger partial charge is 0.463 e. The lowest BCUT2D eigenvalue weighted by atomic mass is 9.87. The van der Waals surface area contributed by atoms with Gasteiger partial charge in [-0.1, -0.05) is 29.8 Å². The van der Waals surface area contributed by atoms with Gasteiger partial charge in [0.15, 0.2) is 0 Å². The lowest BCUT2D eigenvalue weighted by molar-refractivity contribution is -0.137. The molecule has 2 aliphatic rings. The van der Waals surface area contributed by atoms with E-state index in [9.17, 15) is 4.79 Å². The molecule has 1 aromatic carbocycles. The van der Waals surface area contributed by atoms with E-state index in [1.807, 2.05) is 24.3 Å². The molecule has 0 spiro atoms. The fourth-order valence-corrected chi connectivity index (χ4v) is 5.24. The van der Waals surface area contributed by atoms with E-state index in [-0.39, 0.29) is 18.4 Å². The molecule has 0 saturated carbocycles. The van der Waals surface area contributed by atoms with Crippen LogP contribution >= 0.6 is 23.7 Å². The summed E-state index contributed by atoms with van der Waals surface area (Å²) in [7, 11) is 2.21. The van der Waals surface area contributed by atoms with Gasteiger partial charge in [0.1, 0.15) is 0 Å². The first-order chi connectivity index (χ1) is 13.7. The fourth-order valence-electron chi connectivity index (χ4n) is 4.16. The Morgan fingerprint density at radius 1 is 1.14 bits per heavy atom. The number of carbonyl (C=O) groups excluding carboxylic acids is 1. The summed E-state index contributed by atoms with van der Waals surface area (Å²) in [6, 6.07) is 11.2. The highest BCUT2D eigenvalue weighted by atomic mass is 35.5. The highest BCUT2D eigenvalue weighted by Crippen LogP contribution is 2.41. The monoisotopic (exact) mass is 429 g/mol. The number of piperidine rings is 1. The Balaban J connectivity index is 0.00000240. The molecule has 0 bridgehead atoms. The van der Waals surface area contributed by atoms with Gasteiger partial charge in [0.05, 0.1) is 6.61 Å². The molecular weight excluding hydrogens is 402 g/mol. The first kappa shape index (κ1) is 21.8. The maximum Gasteiger partial charge on any atom is 0.330 e. The van der Waals surface area contributed by atoms with E-state index >= 15 is 0 Å². The summed E-state index contributed by atoms with van der Waals surface area (Å²) >= 11 is 1.81. The van der Waals surface area contributed by atoms with Gasteiger partial charge < -0.3 is 9.64 Å². The molecule has 4 rings (SSSR count). The van der Waals surface area contributed by atoms with Gasteiger partial charge in [-0.2, -0.15) is 0 Å². The number of benzene rings is 1. The zero-order valence-electron chi connectivity index (χ0n) is 17.1. The maximum atomic E-state index is 11.7. The van der Waals surface area contributed by atoms with E-state index in [0.717, 1.165) is 43.6 Å². The molecular formula is C24H28ClNO2S. The number of likely N-dealkylation sites (tertiary alicyclic amines) is 1. The predicted molar refractivity (Wildman–Crippen MR) is 124 cm³/mol. The molecule has 0 atom stereocenters. The molecule has 2 aromatic rings. The van der Waals surface area contributed by atoms with Crippen molar-refractivity contribution in [2.45, 2.75) is 32.6 Å². The molecule has 2 heterocycles. The van der Waals surface area contributed by atoms with Gasteiger partial charge in [-0.3, -0.25) is 0 Å². The molecule has 5 heteroatoms. The average Bonchev–Trinajstić information content (AvgIpc) is 3.04. The van der Waals surface area contributed by atoms with Crippen LogP contribution in [0.4, 0.5) is 0 Å². The first-order valence-electron chi connectivity index (χ1n) is 10.1. The molecule has 1 aromatic heterocycles. The van der Waals surface area contributed by atoms with Crippen molar-refractivity contribution in [2.75, 3.05) is 26.7 Å². The third-order valence-electron chi connectivity index (χ3n) is 5.62. The molecule has 154 valence electrons. The molecule has 29 heavy (non-hydrogen) atoms. The van der Waals surface area contributed by atoms with Crippen LogP contribution in [0.3, 0.4) is 0 Å². The minimum absolute atomic E-state index is 0. The van der Waals surface area contributed by atoms with Crippen LogP contribution < -0.4 is 0 Å². The van der Waals surface area contributed by atoms with Crippen LogP contribution in [0.1, 0.15) is 46.2 Å². The second-order valence-corrected chi connectivity index (χ2v) is 8.68. The number of hydrogen-bond acceptors (Lipinski definition) is 4. The van der Waals surface area contributed by atoms with Crippen LogP contribution in [0.25, 0.3) is 11.6 Å². The van der Waals surface area contributed by atoms with Crippen molar-refractivity contribution in [1.82, 2.24) is 4.90 Å². The van der Waals surface area contributed by atoms with Crippen molar-refractivity contribution in [3.63, 3.8) is 0 Å². The lowest BCUT2D eigenvalue weighted by Gasteiger charge is -2.27. The van der Waals surface area contributed by atoms with E-state index in [1.54, 1.807) is 11.6 Å². The quantitative estimate of drug-likeness (QED) is 0.485. The lowest BCUT2D eigenvalue weighted by Crippen LogP contribution is -2.27. The van der Waals surface area contributed by atoms with Crippen molar-refractivity contribution in [2.24, 2.45) is 0 Å². The summed E-state index contributed by atoms with van der Waals surface area (Å²) in [6.45, 7) is 4.48. The van der Waals surface area contributed by atoms with E-state index in [2.05, 4.69) is 42.3 Å². The number of nitrogens with zero attached hydrogens (tertiary/aromatic N) is 1. The Morgan fingerprint density at radius 2 is 1.90 bits per heavy atom. The second kappa shape index (κ2) is 9.75.